The van der Waals surface area contributed by atoms with Crippen LogP contribution in [0, 0.1) is 0 Å². The van der Waals surface area contributed by atoms with Gasteiger partial charge in [-0.1, -0.05) is 6.42 Å². The highest BCUT2D eigenvalue weighted by Crippen LogP contribution is 2.35. The van der Waals surface area contributed by atoms with Crippen molar-refractivity contribution in [3.05, 3.63) is 0 Å². The van der Waals surface area contributed by atoms with E-state index in [1.54, 1.807) is 4.90 Å². The van der Waals surface area contributed by atoms with Crippen LogP contribution in [0.4, 0.5) is 4.79 Å². The molecule has 24 heavy (non-hydrogen) atoms. The topological polar surface area (TPSA) is 61.9 Å². The summed E-state index contributed by atoms with van der Waals surface area (Å²) in [4.78, 5) is 28.5. The molecule has 0 spiro atoms. The molecule has 0 saturated carbocycles. The molecule has 6 heteroatoms. The molecular formula is C18H33N3O3. The van der Waals surface area contributed by atoms with Gasteiger partial charge in [-0.25, -0.2) is 4.79 Å². The Kier molecular flexibility index (Phi) is 6.12. The predicted molar refractivity (Wildman–Crippen MR) is 93.8 cm³/mol. The van der Waals surface area contributed by atoms with Gasteiger partial charge < -0.3 is 15.0 Å². The maximum absolute atomic E-state index is 12.3. The number of rotatable bonds is 4. The van der Waals surface area contributed by atoms with Crippen LogP contribution in [-0.4, -0.2) is 65.7 Å². The normalized spacial score (nSPS) is 27.5. The summed E-state index contributed by atoms with van der Waals surface area (Å²) in [5, 5.41) is 2.89. The van der Waals surface area contributed by atoms with Gasteiger partial charge in [0.2, 0.25) is 5.91 Å². The van der Waals surface area contributed by atoms with Crippen LogP contribution in [0.3, 0.4) is 0 Å². The Bertz CT molecular complexity index is 447. The van der Waals surface area contributed by atoms with Gasteiger partial charge in [0.1, 0.15) is 5.60 Å². The van der Waals surface area contributed by atoms with Gasteiger partial charge >= 0.3 is 6.09 Å². The monoisotopic (exact) mass is 339 g/mol. The van der Waals surface area contributed by atoms with E-state index in [0.29, 0.717) is 25.2 Å². The van der Waals surface area contributed by atoms with E-state index in [0.717, 1.165) is 25.7 Å². The molecule has 6 nitrogen and oxygen atoms in total. The van der Waals surface area contributed by atoms with E-state index < -0.39 is 5.60 Å². The number of carbonyl (C=O) groups is 2. The molecule has 3 atom stereocenters. The van der Waals surface area contributed by atoms with Gasteiger partial charge in [-0.05, 0) is 53.4 Å². The third-order valence-corrected chi connectivity index (χ3v) is 5.03. The molecule has 0 radical (unpaired) electrons. The van der Waals surface area contributed by atoms with Crippen LogP contribution >= 0.6 is 0 Å². The fourth-order valence-electron chi connectivity index (χ4n) is 3.93. The second-order valence-electron chi connectivity index (χ2n) is 8.08. The molecule has 2 rings (SSSR count). The zero-order chi connectivity index (χ0) is 17.9. The van der Waals surface area contributed by atoms with Gasteiger partial charge in [0.25, 0.3) is 0 Å². The van der Waals surface area contributed by atoms with E-state index in [9.17, 15) is 9.59 Å². The Labute approximate surface area is 145 Å². The smallest absolute Gasteiger partial charge is 0.410 e. The summed E-state index contributed by atoms with van der Waals surface area (Å²) in [5.41, 5.74) is -0.472. The minimum absolute atomic E-state index is 0.105. The highest BCUT2D eigenvalue weighted by atomic mass is 16.6. The van der Waals surface area contributed by atoms with Gasteiger partial charge in [0.05, 0.1) is 6.54 Å². The second-order valence-corrected chi connectivity index (χ2v) is 8.08. The van der Waals surface area contributed by atoms with Crippen LogP contribution in [0.2, 0.25) is 0 Å². The number of carbonyl (C=O) groups excluding carboxylic acids is 2. The molecule has 0 aromatic rings. The molecule has 2 heterocycles. The van der Waals surface area contributed by atoms with Gasteiger partial charge in [-0.15, -0.1) is 0 Å². The van der Waals surface area contributed by atoms with E-state index in [-0.39, 0.29) is 18.0 Å². The van der Waals surface area contributed by atoms with E-state index in [1.807, 2.05) is 34.7 Å². The van der Waals surface area contributed by atoms with Gasteiger partial charge in [0.15, 0.2) is 0 Å². The predicted octanol–water partition coefficient (Wildman–Crippen LogP) is 2.37. The molecule has 0 aromatic carbocycles. The fourth-order valence-corrected chi connectivity index (χ4v) is 3.93. The summed E-state index contributed by atoms with van der Waals surface area (Å²) >= 11 is 0. The first-order valence-electron chi connectivity index (χ1n) is 9.19. The Morgan fingerprint density at radius 3 is 2.29 bits per heavy atom. The third-order valence-electron chi connectivity index (χ3n) is 5.03. The number of likely N-dealkylation sites (N-methyl/N-ethyl adjacent to an activating group) is 1. The maximum atomic E-state index is 12.3. The average molecular weight is 339 g/mol. The highest BCUT2D eigenvalue weighted by molar-refractivity contribution is 5.78. The van der Waals surface area contributed by atoms with Crippen molar-refractivity contribution in [3.63, 3.8) is 0 Å². The molecule has 0 aromatic heterocycles. The Morgan fingerprint density at radius 2 is 1.79 bits per heavy atom. The molecule has 2 aliphatic rings. The highest BCUT2D eigenvalue weighted by Gasteiger charge is 2.41. The number of piperidine rings is 2. The number of nitrogens with one attached hydrogen (secondary N) is 1. The van der Waals surface area contributed by atoms with Gasteiger partial charge in [-0.3, -0.25) is 9.69 Å². The summed E-state index contributed by atoms with van der Waals surface area (Å²) in [6, 6.07) is 0.964. The largest absolute Gasteiger partial charge is 0.444 e. The van der Waals surface area contributed by atoms with Crippen molar-refractivity contribution < 1.29 is 14.3 Å². The Balaban J connectivity index is 1.98. The Morgan fingerprint density at radius 1 is 1.21 bits per heavy atom. The Hall–Kier alpha value is -1.30. The molecule has 2 saturated heterocycles. The van der Waals surface area contributed by atoms with Crippen molar-refractivity contribution in [1.29, 1.82) is 0 Å². The van der Waals surface area contributed by atoms with Crippen LogP contribution in [0.15, 0.2) is 0 Å². The van der Waals surface area contributed by atoms with Crippen molar-refractivity contribution in [2.24, 2.45) is 0 Å². The molecule has 2 bridgehead atoms. The summed E-state index contributed by atoms with van der Waals surface area (Å²) in [5.74, 6) is 0.105. The van der Waals surface area contributed by atoms with E-state index in [1.165, 1.54) is 6.42 Å². The molecule has 0 aliphatic carbocycles. The lowest BCUT2D eigenvalue weighted by Gasteiger charge is -2.50. The average Bonchev–Trinajstić information content (AvgIpc) is 2.44. The van der Waals surface area contributed by atoms with Crippen LogP contribution in [-0.2, 0) is 9.53 Å². The summed E-state index contributed by atoms with van der Waals surface area (Å²) < 4.78 is 5.51. The van der Waals surface area contributed by atoms with Crippen LogP contribution < -0.4 is 5.32 Å². The number of amides is 2. The first-order valence-corrected chi connectivity index (χ1v) is 9.19. The third kappa shape index (κ3) is 4.85. The molecule has 2 aliphatic heterocycles. The van der Waals surface area contributed by atoms with Gasteiger partial charge in [0, 0.05) is 31.7 Å². The lowest BCUT2D eigenvalue weighted by Crippen LogP contribution is -2.59. The van der Waals surface area contributed by atoms with Crippen molar-refractivity contribution in [3.8, 4) is 0 Å². The SMILES string of the molecule is CCNC(=O)CN1[C@@H]2CCC[C@H]1CC(N(C)C(=O)OC(C)(C)C)C2. The lowest BCUT2D eigenvalue weighted by molar-refractivity contribution is -0.125. The first kappa shape index (κ1) is 19.0. The maximum Gasteiger partial charge on any atom is 0.410 e. The summed E-state index contributed by atoms with van der Waals surface area (Å²) in [6.07, 6.45) is 5.02. The number of fused-ring (bicyclic) bond motifs is 2. The zero-order valence-corrected chi connectivity index (χ0v) is 15.8. The van der Waals surface area contributed by atoms with Crippen LogP contribution in [0.1, 0.15) is 59.8 Å². The number of ether oxygens (including phenoxy) is 1. The summed E-state index contributed by atoms with van der Waals surface area (Å²) in [7, 11) is 1.84. The number of hydrogen-bond donors (Lipinski definition) is 1. The van der Waals surface area contributed by atoms with Crippen LogP contribution in [0.5, 0.6) is 0 Å². The van der Waals surface area contributed by atoms with Crippen LogP contribution in [0.25, 0.3) is 0 Å². The molecular weight excluding hydrogens is 306 g/mol. The first-order chi connectivity index (χ1) is 11.2. The van der Waals surface area contributed by atoms with Gasteiger partial charge in [-0.2, -0.15) is 0 Å². The molecule has 138 valence electrons. The minimum atomic E-state index is -0.472. The van der Waals surface area contributed by atoms with E-state index in [2.05, 4.69) is 10.2 Å². The van der Waals surface area contributed by atoms with Crippen molar-refractivity contribution in [1.82, 2.24) is 15.1 Å². The lowest BCUT2D eigenvalue weighted by atomic mass is 9.81. The van der Waals surface area contributed by atoms with Crippen molar-refractivity contribution in [2.45, 2.75) is 83.5 Å². The summed E-state index contributed by atoms with van der Waals surface area (Å²) in [6.45, 7) is 8.77. The molecule has 1 unspecified atom stereocenters. The van der Waals surface area contributed by atoms with E-state index >= 15 is 0 Å². The minimum Gasteiger partial charge on any atom is -0.444 e. The van der Waals surface area contributed by atoms with Crippen molar-refractivity contribution >= 4 is 12.0 Å². The quantitative estimate of drug-likeness (QED) is 0.854. The molecule has 2 fully saturated rings. The number of hydrogen-bond acceptors (Lipinski definition) is 4. The van der Waals surface area contributed by atoms with E-state index in [4.69, 9.17) is 4.74 Å². The zero-order valence-electron chi connectivity index (χ0n) is 15.8. The second kappa shape index (κ2) is 7.72. The molecule has 2 amide bonds. The van der Waals surface area contributed by atoms with Crippen molar-refractivity contribution in [2.75, 3.05) is 20.1 Å². The number of nitrogens with zero attached hydrogens (tertiary/aromatic N) is 2. The molecule has 1 N–H and O–H groups in total. The standard InChI is InChI=1S/C18H33N3O3/c1-6-19-16(22)12-21-13-8-7-9-14(21)11-15(10-13)20(5)17(23)24-18(2,3)4/h13-15H,6-12H2,1-5H3,(H,19,22)/t13-,14+,15?. The fraction of sp³-hybridized carbons (Fsp3) is 0.889.